The molecule has 0 aliphatic carbocycles. The Hall–Kier alpha value is -1.10. The number of morpholine rings is 1. The molecule has 0 radical (unpaired) electrons. The van der Waals surface area contributed by atoms with Crippen molar-refractivity contribution < 1.29 is 9.53 Å². The summed E-state index contributed by atoms with van der Waals surface area (Å²) < 4.78 is 5.15. The molecule has 2 N–H and O–H groups in total. The normalized spacial score (nSPS) is 18.4. The minimum atomic E-state index is 0.137. The summed E-state index contributed by atoms with van der Waals surface area (Å²) in [6, 6.07) is 0. The maximum absolute atomic E-state index is 11.5. The third kappa shape index (κ3) is 3.74. The molecule has 1 aliphatic rings. The Labute approximate surface area is 83.9 Å². The summed E-state index contributed by atoms with van der Waals surface area (Å²) in [5.74, 6) is 0.665. The third-order valence-corrected chi connectivity index (χ3v) is 2.05. The lowest BCUT2D eigenvalue weighted by atomic mass is 10.3. The van der Waals surface area contributed by atoms with E-state index in [2.05, 4.69) is 4.99 Å². The van der Waals surface area contributed by atoms with Crippen molar-refractivity contribution in [2.75, 3.05) is 32.8 Å². The fraction of sp³-hybridized carbons (Fsp3) is 0.778. The molecule has 1 rings (SSSR count). The van der Waals surface area contributed by atoms with Crippen LogP contribution >= 0.6 is 0 Å². The first-order chi connectivity index (χ1) is 6.70. The zero-order valence-corrected chi connectivity index (χ0v) is 8.53. The molecule has 0 spiro atoms. The number of hydrogen-bond acceptors (Lipinski definition) is 3. The molecular weight excluding hydrogens is 182 g/mol. The molecule has 5 nitrogen and oxygen atoms in total. The van der Waals surface area contributed by atoms with Crippen molar-refractivity contribution in [3.05, 3.63) is 0 Å². The van der Waals surface area contributed by atoms with Gasteiger partial charge in [0.2, 0.25) is 5.91 Å². The van der Waals surface area contributed by atoms with Gasteiger partial charge in [-0.15, -0.1) is 0 Å². The molecule has 80 valence electrons. The topological polar surface area (TPSA) is 67.9 Å². The molecule has 0 aromatic rings. The lowest BCUT2D eigenvalue weighted by Crippen LogP contribution is -2.40. The molecule has 14 heavy (non-hydrogen) atoms. The van der Waals surface area contributed by atoms with Crippen LogP contribution in [0.5, 0.6) is 0 Å². The van der Waals surface area contributed by atoms with Crippen molar-refractivity contribution in [1.82, 2.24) is 4.90 Å². The van der Waals surface area contributed by atoms with E-state index >= 15 is 0 Å². The second kappa shape index (κ2) is 5.59. The first-order valence-electron chi connectivity index (χ1n) is 4.82. The average Bonchev–Trinajstić information content (AvgIpc) is 2.18. The lowest BCUT2D eigenvalue weighted by molar-refractivity contribution is -0.135. The van der Waals surface area contributed by atoms with Crippen LogP contribution < -0.4 is 5.73 Å². The van der Waals surface area contributed by atoms with Crippen LogP contribution in [0, 0.1) is 0 Å². The number of nitrogens with zero attached hydrogens (tertiary/aromatic N) is 2. The van der Waals surface area contributed by atoms with E-state index in [-0.39, 0.29) is 5.91 Å². The Kier molecular flexibility index (Phi) is 4.39. The van der Waals surface area contributed by atoms with Crippen molar-refractivity contribution in [3.63, 3.8) is 0 Å². The highest BCUT2D eigenvalue weighted by atomic mass is 16.5. The summed E-state index contributed by atoms with van der Waals surface area (Å²) in [4.78, 5) is 17.3. The van der Waals surface area contributed by atoms with Gasteiger partial charge in [0.05, 0.1) is 19.0 Å². The Morgan fingerprint density at radius 2 is 2.14 bits per heavy atom. The number of carbonyl (C=O) groups excluding carboxylic acids is 1. The van der Waals surface area contributed by atoms with E-state index in [1.807, 2.05) is 4.90 Å². The number of rotatable bonds is 3. The SMILES string of the molecule is CC(N)=NCCC(=O)N1CCOCC1. The largest absolute Gasteiger partial charge is 0.388 e. The minimum absolute atomic E-state index is 0.137. The van der Waals surface area contributed by atoms with Crippen LogP contribution in [0.25, 0.3) is 0 Å². The van der Waals surface area contributed by atoms with Gasteiger partial charge >= 0.3 is 0 Å². The third-order valence-electron chi connectivity index (χ3n) is 2.05. The van der Waals surface area contributed by atoms with E-state index in [0.29, 0.717) is 45.1 Å². The zero-order chi connectivity index (χ0) is 10.4. The van der Waals surface area contributed by atoms with E-state index in [9.17, 15) is 4.79 Å². The number of aliphatic imine (C=N–C) groups is 1. The van der Waals surface area contributed by atoms with Crippen LogP contribution in [0.2, 0.25) is 0 Å². The Morgan fingerprint density at radius 3 is 2.71 bits per heavy atom. The standard InChI is InChI=1S/C9H17N3O2/c1-8(10)11-3-2-9(13)12-4-6-14-7-5-12/h2-7H2,1H3,(H2,10,11). The molecule has 1 amide bonds. The molecule has 0 aromatic carbocycles. The Bertz CT molecular complexity index is 218. The summed E-state index contributed by atoms with van der Waals surface area (Å²) in [6.45, 7) is 4.89. The smallest absolute Gasteiger partial charge is 0.224 e. The molecular formula is C9H17N3O2. The van der Waals surface area contributed by atoms with Gasteiger partial charge in [0.1, 0.15) is 0 Å². The average molecular weight is 199 g/mol. The Balaban J connectivity index is 2.23. The van der Waals surface area contributed by atoms with E-state index in [0.717, 1.165) is 0 Å². The first kappa shape index (κ1) is 11.0. The highest BCUT2D eigenvalue weighted by Gasteiger charge is 2.15. The fourth-order valence-electron chi connectivity index (χ4n) is 1.30. The van der Waals surface area contributed by atoms with Crippen LogP contribution in [0.3, 0.4) is 0 Å². The van der Waals surface area contributed by atoms with Gasteiger partial charge in [-0.2, -0.15) is 0 Å². The Morgan fingerprint density at radius 1 is 1.50 bits per heavy atom. The molecule has 5 heteroatoms. The van der Waals surface area contributed by atoms with Gasteiger partial charge in [-0.25, -0.2) is 0 Å². The van der Waals surface area contributed by atoms with Gasteiger partial charge in [0.25, 0.3) is 0 Å². The number of hydrogen-bond donors (Lipinski definition) is 1. The van der Waals surface area contributed by atoms with E-state index in [1.165, 1.54) is 0 Å². The maximum Gasteiger partial charge on any atom is 0.224 e. The zero-order valence-electron chi connectivity index (χ0n) is 8.53. The second-order valence-electron chi connectivity index (χ2n) is 3.27. The highest BCUT2D eigenvalue weighted by Crippen LogP contribution is 2.00. The van der Waals surface area contributed by atoms with Crippen molar-refractivity contribution >= 4 is 11.7 Å². The highest BCUT2D eigenvalue weighted by molar-refractivity contribution is 5.79. The summed E-state index contributed by atoms with van der Waals surface area (Å²) >= 11 is 0. The van der Waals surface area contributed by atoms with Gasteiger partial charge in [-0.3, -0.25) is 9.79 Å². The number of amidine groups is 1. The molecule has 1 aliphatic heterocycles. The minimum Gasteiger partial charge on any atom is -0.388 e. The lowest BCUT2D eigenvalue weighted by Gasteiger charge is -2.26. The predicted molar refractivity (Wildman–Crippen MR) is 54.2 cm³/mol. The number of ether oxygens (including phenoxy) is 1. The number of nitrogens with two attached hydrogens (primary N) is 1. The molecule has 0 aromatic heterocycles. The summed E-state index contributed by atoms with van der Waals surface area (Å²) in [5.41, 5.74) is 5.36. The van der Waals surface area contributed by atoms with Crippen LogP contribution in [0.15, 0.2) is 4.99 Å². The maximum atomic E-state index is 11.5. The van der Waals surface area contributed by atoms with Gasteiger partial charge in [-0.05, 0) is 6.92 Å². The van der Waals surface area contributed by atoms with Gasteiger partial charge in [-0.1, -0.05) is 0 Å². The number of carbonyl (C=O) groups is 1. The monoisotopic (exact) mass is 199 g/mol. The molecule has 1 heterocycles. The first-order valence-corrected chi connectivity index (χ1v) is 4.82. The van der Waals surface area contributed by atoms with Crippen molar-refractivity contribution in [3.8, 4) is 0 Å². The van der Waals surface area contributed by atoms with Crippen LogP contribution in [0.4, 0.5) is 0 Å². The number of amides is 1. The molecule has 0 bridgehead atoms. The predicted octanol–water partition coefficient (Wildman–Crippen LogP) is -0.388. The van der Waals surface area contributed by atoms with Crippen molar-refractivity contribution in [2.45, 2.75) is 13.3 Å². The van der Waals surface area contributed by atoms with Crippen molar-refractivity contribution in [1.29, 1.82) is 0 Å². The van der Waals surface area contributed by atoms with Crippen LogP contribution in [-0.4, -0.2) is 49.5 Å². The molecule has 0 atom stereocenters. The summed E-state index contributed by atoms with van der Waals surface area (Å²) in [7, 11) is 0. The van der Waals surface area contributed by atoms with E-state index < -0.39 is 0 Å². The van der Waals surface area contributed by atoms with E-state index in [1.54, 1.807) is 6.92 Å². The molecule has 1 fully saturated rings. The second-order valence-corrected chi connectivity index (χ2v) is 3.27. The molecule has 1 saturated heterocycles. The summed E-state index contributed by atoms with van der Waals surface area (Å²) in [6.07, 6.45) is 0.439. The van der Waals surface area contributed by atoms with E-state index in [4.69, 9.17) is 10.5 Å². The molecule has 0 saturated carbocycles. The molecule has 0 unspecified atom stereocenters. The van der Waals surface area contributed by atoms with Gasteiger partial charge < -0.3 is 15.4 Å². The quantitative estimate of drug-likeness (QED) is 0.497. The fourth-order valence-corrected chi connectivity index (χ4v) is 1.30. The van der Waals surface area contributed by atoms with Crippen molar-refractivity contribution in [2.24, 2.45) is 10.7 Å². The van der Waals surface area contributed by atoms with Crippen LogP contribution in [0.1, 0.15) is 13.3 Å². The van der Waals surface area contributed by atoms with Gasteiger partial charge in [0, 0.05) is 26.1 Å². The van der Waals surface area contributed by atoms with Crippen LogP contribution in [-0.2, 0) is 9.53 Å². The summed E-state index contributed by atoms with van der Waals surface area (Å²) in [5, 5.41) is 0. The van der Waals surface area contributed by atoms with Gasteiger partial charge in [0.15, 0.2) is 0 Å².